The Bertz CT molecular complexity index is 312. The Morgan fingerprint density at radius 3 is 2.00 bits per heavy atom. The van der Waals surface area contributed by atoms with E-state index in [0.717, 1.165) is 12.8 Å². The Hall–Kier alpha value is -1.26. The van der Waals surface area contributed by atoms with Gasteiger partial charge in [-0.15, -0.1) is 0 Å². The molecule has 0 aliphatic rings. The fourth-order valence-electron chi connectivity index (χ4n) is 2.29. The molecule has 0 fully saturated rings. The molecule has 0 aromatic carbocycles. The average molecular weight is 272 g/mol. The molecule has 5 heteroatoms. The molecule has 19 heavy (non-hydrogen) atoms. The van der Waals surface area contributed by atoms with Crippen LogP contribution in [0.3, 0.4) is 0 Å². The molecule has 1 atom stereocenters. The molecule has 0 rings (SSSR count). The zero-order valence-corrected chi connectivity index (χ0v) is 13.0. The van der Waals surface area contributed by atoms with E-state index < -0.39 is 11.5 Å². The lowest BCUT2D eigenvalue weighted by Crippen LogP contribution is -2.57. The molecule has 0 aromatic rings. The second kappa shape index (κ2) is 7.36. The summed E-state index contributed by atoms with van der Waals surface area (Å²) in [6.07, 6.45) is 1.98. The maximum Gasteiger partial charge on any atom is 0.329 e. The van der Waals surface area contributed by atoms with Crippen molar-refractivity contribution in [3.63, 3.8) is 0 Å². The van der Waals surface area contributed by atoms with E-state index in [1.54, 1.807) is 20.8 Å². The lowest BCUT2D eigenvalue weighted by atomic mass is 9.95. The smallest absolute Gasteiger partial charge is 0.329 e. The molecular formula is C14H28N2O3. The maximum absolute atomic E-state index is 12.2. The van der Waals surface area contributed by atoms with Crippen molar-refractivity contribution in [1.82, 2.24) is 10.2 Å². The summed E-state index contributed by atoms with van der Waals surface area (Å²) in [4.78, 5) is 24.8. The Kier molecular flexibility index (Phi) is 6.87. The standard InChI is InChI=1S/C14H28N2O3/c1-7-11(8-2)10(4)15-13(19)16(9-3)14(5,6)12(17)18/h10-11H,7-9H2,1-6H3,(H,15,19)(H,17,18). The average Bonchev–Trinajstić information content (AvgIpc) is 2.30. The van der Waals surface area contributed by atoms with Crippen LogP contribution in [0.1, 0.15) is 54.4 Å². The monoisotopic (exact) mass is 272 g/mol. The van der Waals surface area contributed by atoms with Crippen molar-refractivity contribution in [1.29, 1.82) is 0 Å². The van der Waals surface area contributed by atoms with Crippen LogP contribution in [0.25, 0.3) is 0 Å². The van der Waals surface area contributed by atoms with Crippen molar-refractivity contribution in [3.05, 3.63) is 0 Å². The molecule has 0 saturated heterocycles. The van der Waals surface area contributed by atoms with Crippen molar-refractivity contribution >= 4 is 12.0 Å². The van der Waals surface area contributed by atoms with Crippen molar-refractivity contribution in [2.45, 2.75) is 66.0 Å². The first kappa shape index (κ1) is 17.7. The molecule has 1 unspecified atom stereocenters. The van der Waals surface area contributed by atoms with Gasteiger partial charge in [0.2, 0.25) is 0 Å². The van der Waals surface area contributed by atoms with E-state index >= 15 is 0 Å². The summed E-state index contributed by atoms with van der Waals surface area (Å²) in [5.41, 5.74) is -1.20. The third-order valence-corrected chi connectivity index (χ3v) is 3.87. The number of likely N-dealkylation sites (N-methyl/N-ethyl adjacent to an activating group) is 1. The minimum atomic E-state index is -1.20. The van der Waals surface area contributed by atoms with Crippen LogP contribution >= 0.6 is 0 Å². The molecule has 0 aliphatic carbocycles. The third-order valence-electron chi connectivity index (χ3n) is 3.87. The highest BCUT2D eigenvalue weighted by Gasteiger charge is 2.37. The molecular weight excluding hydrogens is 244 g/mol. The van der Waals surface area contributed by atoms with Crippen LogP contribution in [0.2, 0.25) is 0 Å². The van der Waals surface area contributed by atoms with Crippen molar-refractivity contribution in [2.75, 3.05) is 6.54 Å². The fraction of sp³-hybridized carbons (Fsp3) is 0.857. The number of amides is 2. The van der Waals surface area contributed by atoms with Gasteiger partial charge in [-0.3, -0.25) is 0 Å². The van der Waals surface area contributed by atoms with Crippen LogP contribution in [0.5, 0.6) is 0 Å². The number of carboxylic acid groups (broad SMARTS) is 1. The molecule has 5 nitrogen and oxygen atoms in total. The van der Waals surface area contributed by atoms with Gasteiger partial charge in [0.25, 0.3) is 0 Å². The summed E-state index contributed by atoms with van der Waals surface area (Å²) in [7, 11) is 0. The molecule has 0 aliphatic heterocycles. The predicted octanol–water partition coefficient (Wildman–Crippen LogP) is 2.71. The summed E-state index contributed by atoms with van der Waals surface area (Å²) < 4.78 is 0. The number of carboxylic acids is 1. The molecule has 2 N–H and O–H groups in total. The number of urea groups is 1. The number of rotatable bonds is 7. The van der Waals surface area contributed by atoms with Gasteiger partial charge in [0.05, 0.1) is 0 Å². The lowest BCUT2D eigenvalue weighted by molar-refractivity contribution is -0.147. The molecule has 2 amide bonds. The third kappa shape index (κ3) is 4.40. The van der Waals surface area contributed by atoms with Gasteiger partial charge in [0.15, 0.2) is 0 Å². The zero-order valence-electron chi connectivity index (χ0n) is 13.0. The van der Waals surface area contributed by atoms with Gasteiger partial charge in [0, 0.05) is 12.6 Å². The van der Waals surface area contributed by atoms with Gasteiger partial charge in [-0.2, -0.15) is 0 Å². The minimum Gasteiger partial charge on any atom is -0.480 e. The first-order chi connectivity index (χ1) is 8.72. The Morgan fingerprint density at radius 1 is 1.21 bits per heavy atom. The Balaban J connectivity index is 4.83. The predicted molar refractivity (Wildman–Crippen MR) is 76.2 cm³/mol. The summed E-state index contributed by atoms with van der Waals surface area (Å²) in [5, 5.41) is 12.1. The molecule has 0 heterocycles. The van der Waals surface area contributed by atoms with Crippen LogP contribution < -0.4 is 5.32 Å². The molecule has 112 valence electrons. The number of nitrogens with zero attached hydrogens (tertiary/aromatic N) is 1. The first-order valence-electron chi connectivity index (χ1n) is 7.03. The molecule has 0 bridgehead atoms. The zero-order chi connectivity index (χ0) is 15.2. The van der Waals surface area contributed by atoms with Crippen molar-refractivity contribution < 1.29 is 14.7 Å². The van der Waals surface area contributed by atoms with E-state index in [9.17, 15) is 14.7 Å². The Labute approximate surface area is 116 Å². The van der Waals surface area contributed by atoms with E-state index in [1.165, 1.54) is 4.90 Å². The van der Waals surface area contributed by atoms with Gasteiger partial charge in [0.1, 0.15) is 5.54 Å². The SMILES string of the molecule is CCC(CC)C(C)NC(=O)N(CC)C(C)(C)C(=O)O. The van der Waals surface area contributed by atoms with Gasteiger partial charge >= 0.3 is 12.0 Å². The molecule has 0 saturated carbocycles. The number of nitrogens with one attached hydrogen (secondary N) is 1. The fourth-order valence-corrected chi connectivity index (χ4v) is 2.29. The van der Waals surface area contributed by atoms with E-state index in [2.05, 4.69) is 19.2 Å². The van der Waals surface area contributed by atoms with Gasteiger partial charge in [-0.05, 0) is 33.6 Å². The van der Waals surface area contributed by atoms with E-state index in [1.807, 2.05) is 6.92 Å². The number of hydrogen-bond donors (Lipinski definition) is 2. The molecule has 0 radical (unpaired) electrons. The topological polar surface area (TPSA) is 69.6 Å². The summed E-state index contributed by atoms with van der Waals surface area (Å²) >= 11 is 0. The summed E-state index contributed by atoms with van der Waals surface area (Å²) in [6, 6.07) is -0.268. The quantitative estimate of drug-likeness (QED) is 0.748. The van der Waals surface area contributed by atoms with Crippen molar-refractivity contribution in [3.8, 4) is 0 Å². The molecule has 0 spiro atoms. The Morgan fingerprint density at radius 2 is 1.68 bits per heavy atom. The second-order valence-corrected chi connectivity index (χ2v) is 5.42. The van der Waals surface area contributed by atoms with Crippen LogP contribution in [0.4, 0.5) is 4.79 Å². The van der Waals surface area contributed by atoms with Gasteiger partial charge < -0.3 is 15.3 Å². The first-order valence-corrected chi connectivity index (χ1v) is 7.03. The van der Waals surface area contributed by atoms with Crippen LogP contribution in [-0.2, 0) is 4.79 Å². The van der Waals surface area contributed by atoms with Crippen LogP contribution in [-0.4, -0.2) is 40.1 Å². The highest BCUT2D eigenvalue weighted by molar-refractivity contribution is 5.85. The van der Waals surface area contributed by atoms with E-state index in [-0.39, 0.29) is 12.1 Å². The van der Waals surface area contributed by atoms with Gasteiger partial charge in [-0.1, -0.05) is 26.7 Å². The number of hydrogen-bond acceptors (Lipinski definition) is 2. The second-order valence-electron chi connectivity index (χ2n) is 5.42. The summed E-state index contributed by atoms with van der Waals surface area (Å²) in [5.74, 6) is -0.588. The lowest BCUT2D eigenvalue weighted by Gasteiger charge is -2.36. The number of aliphatic carboxylic acids is 1. The summed E-state index contributed by atoms with van der Waals surface area (Å²) in [6.45, 7) is 11.4. The largest absolute Gasteiger partial charge is 0.480 e. The highest BCUT2D eigenvalue weighted by Crippen LogP contribution is 2.17. The molecule has 0 aromatic heterocycles. The van der Waals surface area contributed by atoms with E-state index in [0.29, 0.717) is 12.5 Å². The highest BCUT2D eigenvalue weighted by atomic mass is 16.4. The van der Waals surface area contributed by atoms with E-state index in [4.69, 9.17) is 0 Å². The normalized spacial score (nSPS) is 13.2. The van der Waals surface area contributed by atoms with Gasteiger partial charge in [-0.25, -0.2) is 9.59 Å². The minimum absolute atomic E-state index is 0.0427. The maximum atomic E-state index is 12.2. The number of carbonyl (C=O) groups excluding carboxylic acids is 1. The van der Waals surface area contributed by atoms with Crippen molar-refractivity contribution in [2.24, 2.45) is 5.92 Å². The van der Waals surface area contributed by atoms with Crippen LogP contribution in [0, 0.1) is 5.92 Å². The van der Waals surface area contributed by atoms with Crippen LogP contribution in [0.15, 0.2) is 0 Å². The number of carbonyl (C=O) groups is 2.